The highest BCUT2D eigenvalue weighted by Gasteiger charge is 2.13. The molecule has 0 saturated carbocycles. The highest BCUT2D eigenvalue weighted by Crippen LogP contribution is 2.25. The molecular weight excluding hydrogens is 381 g/mol. The average Bonchev–Trinajstić information content (AvgIpc) is 3.04. The smallest absolute Gasteiger partial charge is 0.229 e. The van der Waals surface area contributed by atoms with E-state index in [1.807, 2.05) is 5.38 Å². The molecule has 1 aromatic heterocycles. The van der Waals surface area contributed by atoms with Crippen molar-refractivity contribution in [1.29, 1.82) is 0 Å². The largest absolute Gasteiger partial charge is 0.491 e. The van der Waals surface area contributed by atoms with E-state index in [4.69, 9.17) is 21.1 Å². The van der Waals surface area contributed by atoms with Gasteiger partial charge in [0.25, 0.3) is 0 Å². The fourth-order valence-electron chi connectivity index (χ4n) is 2.45. The maximum atomic E-state index is 13.0. The number of carbonyl (C=O) groups excluding carboxylic acids is 1. The molecule has 1 aliphatic rings. The molecule has 1 saturated heterocycles. The number of rotatable bonds is 7. The van der Waals surface area contributed by atoms with E-state index in [2.05, 4.69) is 15.2 Å². The monoisotopic (exact) mass is 399 g/mol. The Balaban J connectivity index is 1.41. The number of ether oxygens (including phenoxy) is 2. The second-order valence-electron chi connectivity index (χ2n) is 5.75. The molecule has 0 radical (unpaired) electrons. The van der Waals surface area contributed by atoms with Crippen LogP contribution in [0.3, 0.4) is 0 Å². The number of hydrogen-bond acceptors (Lipinski definition) is 6. The Morgan fingerprint density at radius 1 is 1.42 bits per heavy atom. The molecule has 1 aromatic carbocycles. The maximum Gasteiger partial charge on any atom is 0.229 e. The maximum absolute atomic E-state index is 13.0. The fourth-order valence-corrected chi connectivity index (χ4v) is 3.39. The molecule has 2 aromatic rings. The third-order valence-electron chi connectivity index (χ3n) is 3.77. The molecule has 1 N–H and O–H groups in total. The second-order valence-corrected chi connectivity index (χ2v) is 7.02. The number of morpholine rings is 1. The zero-order valence-electron chi connectivity index (χ0n) is 14.0. The van der Waals surface area contributed by atoms with Crippen LogP contribution in [-0.4, -0.2) is 48.7 Å². The highest BCUT2D eigenvalue weighted by atomic mass is 35.5. The minimum absolute atomic E-state index is 0.142. The van der Waals surface area contributed by atoms with Crippen LogP contribution < -0.4 is 10.1 Å². The van der Waals surface area contributed by atoms with Gasteiger partial charge >= 0.3 is 0 Å². The molecule has 1 amide bonds. The van der Waals surface area contributed by atoms with Crippen molar-refractivity contribution in [2.75, 3.05) is 38.2 Å². The van der Waals surface area contributed by atoms with Crippen molar-refractivity contribution in [3.63, 3.8) is 0 Å². The van der Waals surface area contributed by atoms with Crippen molar-refractivity contribution in [3.8, 4) is 5.75 Å². The van der Waals surface area contributed by atoms with Crippen LogP contribution >= 0.6 is 22.9 Å². The third kappa shape index (κ3) is 5.63. The zero-order valence-corrected chi connectivity index (χ0v) is 15.6. The first-order valence-corrected chi connectivity index (χ1v) is 9.48. The van der Waals surface area contributed by atoms with Crippen LogP contribution in [0.15, 0.2) is 23.6 Å². The standard InChI is InChI=1S/C17H19ClFN3O3S/c18-14-9-12(19)1-2-15(14)25-6-3-16(23)21-17-20-13(11-26-17)10-22-4-7-24-8-5-22/h1-2,9,11H,3-8,10H2,(H,20,21,23). The molecule has 0 aliphatic carbocycles. The molecule has 0 bridgehead atoms. The number of carbonyl (C=O) groups is 1. The number of nitrogens with one attached hydrogen (secondary N) is 1. The SMILES string of the molecule is O=C(CCOc1ccc(F)cc1Cl)Nc1nc(CN2CCOCC2)cs1. The summed E-state index contributed by atoms with van der Waals surface area (Å²) in [5.41, 5.74) is 0.932. The Morgan fingerprint density at radius 2 is 2.23 bits per heavy atom. The van der Waals surface area contributed by atoms with Crippen LogP contribution in [0.1, 0.15) is 12.1 Å². The van der Waals surface area contributed by atoms with Crippen LogP contribution in [0.4, 0.5) is 9.52 Å². The lowest BCUT2D eigenvalue weighted by Gasteiger charge is -2.25. The Bertz CT molecular complexity index is 753. The molecule has 140 valence electrons. The number of anilines is 1. The van der Waals surface area contributed by atoms with Gasteiger partial charge in [0, 0.05) is 25.0 Å². The van der Waals surface area contributed by atoms with Gasteiger partial charge in [0.1, 0.15) is 11.6 Å². The van der Waals surface area contributed by atoms with E-state index in [0.29, 0.717) is 10.9 Å². The normalized spacial score (nSPS) is 15.0. The first-order valence-electron chi connectivity index (χ1n) is 8.22. The summed E-state index contributed by atoms with van der Waals surface area (Å²) in [5.74, 6) is -0.282. The minimum Gasteiger partial charge on any atom is -0.491 e. The minimum atomic E-state index is -0.434. The average molecular weight is 400 g/mol. The van der Waals surface area contributed by atoms with Gasteiger partial charge in [0.05, 0.1) is 37.0 Å². The quantitative estimate of drug-likeness (QED) is 0.774. The Hall–Kier alpha value is -1.74. The lowest BCUT2D eigenvalue weighted by molar-refractivity contribution is -0.116. The van der Waals surface area contributed by atoms with Crippen LogP contribution in [0.2, 0.25) is 5.02 Å². The first kappa shape index (κ1) is 19.0. The van der Waals surface area contributed by atoms with Crippen LogP contribution in [0.5, 0.6) is 5.75 Å². The summed E-state index contributed by atoms with van der Waals surface area (Å²) in [6, 6.07) is 3.86. The van der Waals surface area contributed by atoms with Gasteiger partial charge < -0.3 is 14.8 Å². The predicted molar refractivity (Wildman–Crippen MR) is 98.4 cm³/mol. The summed E-state index contributed by atoms with van der Waals surface area (Å²) >= 11 is 7.27. The number of aromatic nitrogens is 1. The molecular formula is C17H19ClFN3O3S. The van der Waals surface area contributed by atoms with Crippen molar-refractivity contribution < 1.29 is 18.7 Å². The number of nitrogens with zero attached hydrogens (tertiary/aromatic N) is 2. The van der Waals surface area contributed by atoms with Crippen LogP contribution in [-0.2, 0) is 16.1 Å². The summed E-state index contributed by atoms with van der Waals surface area (Å²) in [6.07, 6.45) is 0.145. The molecule has 1 aliphatic heterocycles. The van der Waals surface area contributed by atoms with Gasteiger partial charge in [-0.2, -0.15) is 0 Å². The first-order chi connectivity index (χ1) is 12.6. The summed E-state index contributed by atoms with van der Waals surface area (Å²) in [4.78, 5) is 18.7. The van der Waals surface area contributed by atoms with E-state index >= 15 is 0 Å². The molecule has 0 atom stereocenters. The molecule has 3 rings (SSSR count). The Morgan fingerprint density at radius 3 is 3.00 bits per heavy atom. The molecule has 0 unspecified atom stereocenters. The van der Waals surface area contributed by atoms with Crippen molar-refractivity contribution >= 4 is 34.0 Å². The zero-order chi connectivity index (χ0) is 18.4. The number of thiazole rings is 1. The van der Waals surface area contributed by atoms with Crippen molar-refractivity contribution in [1.82, 2.24) is 9.88 Å². The van der Waals surface area contributed by atoms with Gasteiger partial charge in [-0.05, 0) is 18.2 Å². The molecule has 26 heavy (non-hydrogen) atoms. The lowest BCUT2D eigenvalue weighted by atomic mass is 10.3. The van der Waals surface area contributed by atoms with E-state index in [9.17, 15) is 9.18 Å². The van der Waals surface area contributed by atoms with Crippen LogP contribution in [0.25, 0.3) is 0 Å². The van der Waals surface area contributed by atoms with Gasteiger partial charge in [0.15, 0.2) is 5.13 Å². The van der Waals surface area contributed by atoms with E-state index in [1.165, 1.54) is 29.5 Å². The number of halogens is 2. The van der Waals surface area contributed by atoms with Gasteiger partial charge in [-0.3, -0.25) is 9.69 Å². The third-order valence-corrected chi connectivity index (χ3v) is 4.87. The van der Waals surface area contributed by atoms with Gasteiger partial charge in [0.2, 0.25) is 5.91 Å². The van der Waals surface area contributed by atoms with Crippen molar-refractivity contribution in [2.24, 2.45) is 0 Å². The highest BCUT2D eigenvalue weighted by molar-refractivity contribution is 7.13. The van der Waals surface area contributed by atoms with E-state index in [0.717, 1.165) is 38.5 Å². The van der Waals surface area contributed by atoms with E-state index in [-0.39, 0.29) is 24.0 Å². The fraction of sp³-hybridized carbons (Fsp3) is 0.412. The van der Waals surface area contributed by atoms with E-state index in [1.54, 1.807) is 0 Å². The van der Waals surface area contributed by atoms with Crippen molar-refractivity contribution in [2.45, 2.75) is 13.0 Å². The molecule has 1 fully saturated rings. The van der Waals surface area contributed by atoms with E-state index < -0.39 is 5.82 Å². The van der Waals surface area contributed by atoms with Gasteiger partial charge in [-0.1, -0.05) is 11.6 Å². The predicted octanol–water partition coefficient (Wildman–Crippen LogP) is 3.18. The molecule has 0 spiro atoms. The number of hydrogen-bond donors (Lipinski definition) is 1. The Kier molecular flexibility index (Phi) is 6.79. The second kappa shape index (κ2) is 9.27. The Labute approximate surface area is 159 Å². The summed E-state index contributed by atoms with van der Waals surface area (Å²) in [7, 11) is 0. The molecule has 2 heterocycles. The van der Waals surface area contributed by atoms with Gasteiger partial charge in [-0.15, -0.1) is 11.3 Å². The summed E-state index contributed by atoms with van der Waals surface area (Å²) in [6.45, 7) is 4.16. The lowest BCUT2D eigenvalue weighted by Crippen LogP contribution is -2.35. The molecule has 6 nitrogen and oxygen atoms in total. The summed E-state index contributed by atoms with van der Waals surface area (Å²) in [5, 5.41) is 5.45. The summed E-state index contributed by atoms with van der Waals surface area (Å²) < 4.78 is 23.7. The van der Waals surface area contributed by atoms with Crippen LogP contribution in [0, 0.1) is 5.82 Å². The number of benzene rings is 1. The topological polar surface area (TPSA) is 63.7 Å². The van der Waals surface area contributed by atoms with Crippen molar-refractivity contribution in [3.05, 3.63) is 40.1 Å². The number of amides is 1. The van der Waals surface area contributed by atoms with Gasteiger partial charge in [-0.25, -0.2) is 9.37 Å². The molecule has 9 heteroatoms.